The van der Waals surface area contributed by atoms with Crippen molar-refractivity contribution in [2.45, 2.75) is 64.5 Å². The minimum atomic E-state index is -0.105. The van der Waals surface area contributed by atoms with Crippen LogP contribution in [0.15, 0.2) is 48.5 Å². The van der Waals surface area contributed by atoms with E-state index < -0.39 is 0 Å². The van der Waals surface area contributed by atoms with Gasteiger partial charge in [0, 0.05) is 42.1 Å². The zero-order valence-corrected chi connectivity index (χ0v) is 19.5. The number of anilines is 2. The average Bonchev–Trinajstić information content (AvgIpc) is 3.27. The topological polar surface area (TPSA) is 53.6 Å². The van der Waals surface area contributed by atoms with Crippen LogP contribution in [0.3, 0.4) is 0 Å². The van der Waals surface area contributed by atoms with Crippen LogP contribution in [0.4, 0.5) is 11.4 Å². The third-order valence-electron chi connectivity index (χ3n) is 6.45. The maximum Gasteiger partial charge on any atom is 0.255 e. The highest BCUT2D eigenvalue weighted by Gasteiger charge is 2.25. The van der Waals surface area contributed by atoms with Gasteiger partial charge < -0.3 is 20.3 Å². The molecular weight excluding hydrogens is 398 g/mol. The molecule has 2 fully saturated rings. The van der Waals surface area contributed by atoms with Crippen molar-refractivity contribution in [1.82, 2.24) is 5.32 Å². The minimum Gasteiger partial charge on any atom is -0.493 e. The zero-order chi connectivity index (χ0) is 22.3. The van der Waals surface area contributed by atoms with Crippen LogP contribution in [0.25, 0.3) is 0 Å². The van der Waals surface area contributed by atoms with Gasteiger partial charge in [-0.25, -0.2) is 0 Å². The molecule has 1 saturated carbocycles. The van der Waals surface area contributed by atoms with Crippen LogP contribution in [0.5, 0.6) is 5.75 Å². The highest BCUT2D eigenvalue weighted by atomic mass is 16.5. The van der Waals surface area contributed by atoms with Crippen molar-refractivity contribution < 1.29 is 9.53 Å². The molecule has 0 radical (unpaired) electrons. The van der Waals surface area contributed by atoms with Gasteiger partial charge >= 0.3 is 0 Å². The van der Waals surface area contributed by atoms with Gasteiger partial charge in [0.15, 0.2) is 0 Å². The Balaban J connectivity index is 1.27. The third-order valence-corrected chi connectivity index (χ3v) is 6.45. The van der Waals surface area contributed by atoms with E-state index in [2.05, 4.69) is 41.5 Å². The Hall–Kier alpha value is -2.53. The Morgan fingerprint density at radius 2 is 1.69 bits per heavy atom. The molecule has 1 unspecified atom stereocenters. The molecule has 5 nitrogen and oxygen atoms in total. The number of hydrogen-bond acceptors (Lipinski definition) is 4. The first-order valence-electron chi connectivity index (χ1n) is 12.2. The van der Waals surface area contributed by atoms with E-state index in [0.717, 1.165) is 24.5 Å². The smallest absolute Gasteiger partial charge is 0.255 e. The number of nitrogens with zero attached hydrogens (tertiary/aromatic N) is 1. The fraction of sp³-hybridized carbons (Fsp3) is 0.519. The van der Waals surface area contributed by atoms with Crippen molar-refractivity contribution in [3.63, 3.8) is 0 Å². The number of amides is 1. The molecule has 1 atom stereocenters. The van der Waals surface area contributed by atoms with Crippen molar-refractivity contribution in [3.8, 4) is 5.75 Å². The van der Waals surface area contributed by atoms with E-state index in [4.69, 9.17) is 4.74 Å². The molecule has 0 spiro atoms. The second-order valence-electron chi connectivity index (χ2n) is 9.66. The molecule has 32 heavy (non-hydrogen) atoms. The summed E-state index contributed by atoms with van der Waals surface area (Å²) in [6, 6.07) is 16.8. The summed E-state index contributed by atoms with van der Waals surface area (Å²) in [5.41, 5.74) is 2.67. The summed E-state index contributed by atoms with van der Waals surface area (Å²) in [7, 11) is 0. The summed E-state index contributed by atoms with van der Waals surface area (Å²) in [6.07, 6.45) is 8.01. The van der Waals surface area contributed by atoms with Gasteiger partial charge in [0.05, 0.1) is 6.61 Å². The molecular formula is C27H37N3O2. The second kappa shape index (κ2) is 10.9. The van der Waals surface area contributed by atoms with Gasteiger partial charge in [-0.2, -0.15) is 0 Å². The van der Waals surface area contributed by atoms with E-state index in [1.165, 1.54) is 44.2 Å². The van der Waals surface area contributed by atoms with E-state index in [0.29, 0.717) is 30.2 Å². The van der Waals surface area contributed by atoms with Crippen molar-refractivity contribution in [2.24, 2.45) is 5.92 Å². The predicted molar refractivity (Wildman–Crippen MR) is 132 cm³/mol. The molecule has 1 aliphatic carbocycles. The monoisotopic (exact) mass is 435 g/mol. The number of benzene rings is 2. The Labute approximate surface area is 192 Å². The van der Waals surface area contributed by atoms with Crippen LogP contribution in [-0.2, 0) is 0 Å². The summed E-state index contributed by atoms with van der Waals surface area (Å²) in [5.74, 6) is 1.16. The summed E-state index contributed by atoms with van der Waals surface area (Å²) in [6.45, 7) is 7.05. The fourth-order valence-corrected chi connectivity index (χ4v) is 4.66. The summed E-state index contributed by atoms with van der Waals surface area (Å²) < 4.78 is 5.69. The van der Waals surface area contributed by atoms with Gasteiger partial charge in [0.1, 0.15) is 5.75 Å². The minimum absolute atomic E-state index is 0.105. The standard InChI is InChI=1S/C27H37N3O2/c1-20(2)19-32-26-14-8-21(9-15-26)27(31)29-23-10-12-25(13-11-23)30-17-16-24(18-30)28-22-6-4-3-5-7-22/h8-15,20,22,24,28H,3-7,16-19H2,1-2H3,(H,29,31). The summed E-state index contributed by atoms with van der Waals surface area (Å²) in [4.78, 5) is 15.0. The maximum atomic E-state index is 12.6. The van der Waals surface area contributed by atoms with Crippen molar-refractivity contribution in [1.29, 1.82) is 0 Å². The van der Waals surface area contributed by atoms with Crippen molar-refractivity contribution >= 4 is 17.3 Å². The van der Waals surface area contributed by atoms with Crippen molar-refractivity contribution in [2.75, 3.05) is 29.9 Å². The number of ether oxygens (including phenoxy) is 1. The van der Waals surface area contributed by atoms with Gasteiger partial charge in [0.2, 0.25) is 0 Å². The third kappa shape index (κ3) is 6.26. The van der Waals surface area contributed by atoms with Crippen LogP contribution in [-0.4, -0.2) is 37.7 Å². The van der Waals surface area contributed by atoms with Crippen LogP contribution >= 0.6 is 0 Å². The molecule has 5 heteroatoms. The molecule has 1 saturated heterocycles. The number of nitrogens with one attached hydrogen (secondary N) is 2. The van der Waals surface area contributed by atoms with Gasteiger partial charge in [-0.3, -0.25) is 4.79 Å². The largest absolute Gasteiger partial charge is 0.493 e. The molecule has 0 bridgehead atoms. The lowest BCUT2D eigenvalue weighted by atomic mass is 9.95. The second-order valence-corrected chi connectivity index (χ2v) is 9.66. The molecule has 1 aliphatic heterocycles. The Morgan fingerprint density at radius 1 is 0.969 bits per heavy atom. The van der Waals surface area contributed by atoms with Gasteiger partial charge in [-0.05, 0) is 73.7 Å². The molecule has 2 aliphatic rings. The first kappa shape index (κ1) is 22.7. The number of rotatable bonds is 8. The molecule has 1 heterocycles. The quantitative estimate of drug-likeness (QED) is 0.577. The number of carbonyl (C=O) groups excluding carboxylic acids is 1. The molecule has 1 amide bonds. The normalized spacial score (nSPS) is 19.3. The molecule has 4 rings (SSSR count). The number of hydrogen-bond donors (Lipinski definition) is 2. The molecule has 2 aromatic carbocycles. The molecule has 0 aromatic heterocycles. The van der Waals surface area contributed by atoms with E-state index in [1.807, 2.05) is 36.4 Å². The maximum absolute atomic E-state index is 12.6. The van der Waals surface area contributed by atoms with E-state index in [-0.39, 0.29) is 5.91 Å². The van der Waals surface area contributed by atoms with Gasteiger partial charge in [-0.1, -0.05) is 33.1 Å². The summed E-state index contributed by atoms with van der Waals surface area (Å²) in [5, 5.41) is 6.88. The van der Waals surface area contributed by atoms with E-state index in [9.17, 15) is 4.79 Å². The lowest BCUT2D eigenvalue weighted by molar-refractivity contribution is 0.102. The highest BCUT2D eigenvalue weighted by Crippen LogP contribution is 2.25. The average molecular weight is 436 g/mol. The van der Waals surface area contributed by atoms with Crippen LogP contribution in [0.2, 0.25) is 0 Å². The van der Waals surface area contributed by atoms with Crippen LogP contribution in [0.1, 0.15) is 62.7 Å². The van der Waals surface area contributed by atoms with Crippen LogP contribution < -0.4 is 20.3 Å². The fourth-order valence-electron chi connectivity index (χ4n) is 4.66. The van der Waals surface area contributed by atoms with Crippen molar-refractivity contribution in [3.05, 3.63) is 54.1 Å². The molecule has 172 valence electrons. The Morgan fingerprint density at radius 3 is 2.38 bits per heavy atom. The first-order valence-corrected chi connectivity index (χ1v) is 12.2. The van der Waals surface area contributed by atoms with E-state index in [1.54, 1.807) is 0 Å². The SMILES string of the molecule is CC(C)COc1ccc(C(=O)Nc2ccc(N3CCC(NC4CCCCC4)C3)cc2)cc1. The first-order chi connectivity index (χ1) is 15.6. The van der Waals surface area contributed by atoms with E-state index >= 15 is 0 Å². The highest BCUT2D eigenvalue weighted by molar-refractivity contribution is 6.04. The Kier molecular flexibility index (Phi) is 7.69. The number of carbonyl (C=O) groups is 1. The van der Waals surface area contributed by atoms with Gasteiger partial charge in [0.25, 0.3) is 5.91 Å². The Bertz CT molecular complexity index is 857. The zero-order valence-electron chi connectivity index (χ0n) is 19.5. The lowest BCUT2D eigenvalue weighted by Crippen LogP contribution is -2.41. The molecule has 2 N–H and O–H groups in total. The lowest BCUT2D eigenvalue weighted by Gasteiger charge is -2.27. The predicted octanol–water partition coefficient (Wildman–Crippen LogP) is 5.47. The molecule has 2 aromatic rings. The summed E-state index contributed by atoms with van der Waals surface area (Å²) >= 11 is 0. The van der Waals surface area contributed by atoms with Gasteiger partial charge in [-0.15, -0.1) is 0 Å². The van der Waals surface area contributed by atoms with Crippen LogP contribution in [0, 0.1) is 5.92 Å².